The van der Waals surface area contributed by atoms with E-state index in [-0.39, 0.29) is 11.2 Å². The van der Waals surface area contributed by atoms with Crippen molar-refractivity contribution < 1.29 is 9.53 Å². The molecule has 0 radical (unpaired) electrons. The van der Waals surface area contributed by atoms with E-state index in [0.717, 1.165) is 40.8 Å². The molecule has 0 aliphatic heterocycles. The maximum atomic E-state index is 13.0. The molecular weight excluding hydrogens is 260 g/mol. The first-order valence-corrected chi connectivity index (χ1v) is 7.34. The first-order chi connectivity index (χ1) is 10.1. The molecule has 2 aromatic rings. The Morgan fingerprint density at radius 1 is 1.05 bits per heavy atom. The summed E-state index contributed by atoms with van der Waals surface area (Å²) in [5, 5.41) is 0. The molecular formula is C19H20O2. The van der Waals surface area contributed by atoms with Gasteiger partial charge in [-0.1, -0.05) is 30.3 Å². The van der Waals surface area contributed by atoms with Gasteiger partial charge in [-0.15, -0.1) is 0 Å². The number of rotatable bonds is 4. The van der Waals surface area contributed by atoms with Crippen LogP contribution < -0.4 is 4.74 Å². The predicted octanol–water partition coefficient (Wildman–Crippen LogP) is 4.23. The lowest BCUT2D eigenvalue weighted by Crippen LogP contribution is -2.21. The Morgan fingerprint density at radius 3 is 2.10 bits per heavy atom. The molecule has 21 heavy (non-hydrogen) atoms. The standard InChI is InChI=1S/C19H20O2/c1-13-11-15(12-14(2)17(13)21-3)18(20)19(9-10-19)16-7-5-4-6-8-16/h4-8,11-12H,9-10H2,1-3H3. The van der Waals surface area contributed by atoms with Gasteiger partial charge >= 0.3 is 0 Å². The minimum absolute atomic E-state index is 0.238. The van der Waals surface area contributed by atoms with Crippen LogP contribution in [0.1, 0.15) is 39.9 Å². The summed E-state index contributed by atoms with van der Waals surface area (Å²) < 4.78 is 5.39. The van der Waals surface area contributed by atoms with Crippen molar-refractivity contribution in [2.45, 2.75) is 32.1 Å². The largest absolute Gasteiger partial charge is 0.496 e. The normalized spacial score (nSPS) is 15.6. The summed E-state index contributed by atoms with van der Waals surface area (Å²) in [6, 6.07) is 14.0. The molecule has 0 bridgehead atoms. The fourth-order valence-electron chi connectivity index (χ4n) is 3.21. The number of aryl methyl sites for hydroxylation is 2. The average molecular weight is 280 g/mol. The Hall–Kier alpha value is -2.09. The monoisotopic (exact) mass is 280 g/mol. The van der Waals surface area contributed by atoms with E-state index in [9.17, 15) is 4.79 Å². The lowest BCUT2D eigenvalue weighted by molar-refractivity contribution is 0.0946. The van der Waals surface area contributed by atoms with Crippen LogP contribution in [0.25, 0.3) is 0 Å². The van der Waals surface area contributed by atoms with E-state index in [1.807, 2.05) is 44.2 Å². The topological polar surface area (TPSA) is 26.3 Å². The van der Waals surface area contributed by atoms with Crippen molar-refractivity contribution in [2.24, 2.45) is 0 Å². The van der Waals surface area contributed by atoms with Gasteiger partial charge in [0.2, 0.25) is 0 Å². The van der Waals surface area contributed by atoms with E-state index >= 15 is 0 Å². The summed E-state index contributed by atoms with van der Waals surface area (Å²) in [5.41, 5.74) is 3.68. The third-order valence-electron chi connectivity index (χ3n) is 4.44. The molecule has 2 nitrogen and oxygen atoms in total. The number of hydrogen-bond donors (Lipinski definition) is 0. The minimum atomic E-state index is -0.297. The van der Waals surface area contributed by atoms with Crippen LogP contribution in [0.2, 0.25) is 0 Å². The first-order valence-electron chi connectivity index (χ1n) is 7.34. The van der Waals surface area contributed by atoms with Gasteiger partial charge in [0.1, 0.15) is 5.75 Å². The second-order valence-electron chi connectivity index (χ2n) is 5.92. The van der Waals surface area contributed by atoms with Crippen LogP contribution in [0.5, 0.6) is 5.75 Å². The molecule has 1 aliphatic carbocycles. The molecule has 0 unspecified atom stereocenters. The lowest BCUT2D eigenvalue weighted by atomic mass is 9.86. The minimum Gasteiger partial charge on any atom is -0.496 e. The highest BCUT2D eigenvalue weighted by Gasteiger charge is 2.51. The summed E-state index contributed by atoms with van der Waals surface area (Å²) >= 11 is 0. The van der Waals surface area contributed by atoms with Crippen molar-refractivity contribution in [2.75, 3.05) is 7.11 Å². The number of ether oxygens (including phenoxy) is 1. The summed E-state index contributed by atoms with van der Waals surface area (Å²) in [6.07, 6.45) is 1.89. The van der Waals surface area contributed by atoms with E-state index in [0.29, 0.717) is 0 Å². The van der Waals surface area contributed by atoms with Crippen LogP contribution in [-0.2, 0) is 5.41 Å². The zero-order valence-electron chi connectivity index (χ0n) is 12.8. The van der Waals surface area contributed by atoms with Gasteiger partial charge in [0.15, 0.2) is 5.78 Å². The molecule has 0 aromatic heterocycles. The van der Waals surface area contributed by atoms with Crippen LogP contribution in [-0.4, -0.2) is 12.9 Å². The molecule has 1 fully saturated rings. The zero-order valence-corrected chi connectivity index (χ0v) is 12.8. The number of Topliss-reactive ketones (excluding diaryl/α,β-unsaturated/α-hetero) is 1. The Morgan fingerprint density at radius 2 is 1.62 bits per heavy atom. The highest BCUT2D eigenvalue weighted by molar-refractivity contribution is 6.06. The Balaban J connectivity index is 2.00. The van der Waals surface area contributed by atoms with Crippen molar-refractivity contribution in [3.63, 3.8) is 0 Å². The van der Waals surface area contributed by atoms with Crippen LogP contribution in [0, 0.1) is 13.8 Å². The molecule has 0 saturated heterocycles. The SMILES string of the molecule is COc1c(C)cc(C(=O)C2(c3ccccc3)CC2)cc1C. The highest BCUT2D eigenvalue weighted by atomic mass is 16.5. The van der Waals surface area contributed by atoms with Crippen molar-refractivity contribution in [3.05, 3.63) is 64.7 Å². The molecule has 108 valence electrons. The smallest absolute Gasteiger partial charge is 0.173 e. The van der Waals surface area contributed by atoms with Gasteiger partial charge in [0, 0.05) is 5.56 Å². The third kappa shape index (κ3) is 2.25. The molecule has 3 rings (SSSR count). The second kappa shape index (κ2) is 5.03. The van der Waals surface area contributed by atoms with Gasteiger partial charge in [-0.05, 0) is 55.5 Å². The molecule has 0 heterocycles. The zero-order chi connectivity index (χ0) is 15.0. The van der Waals surface area contributed by atoms with Crippen LogP contribution in [0.15, 0.2) is 42.5 Å². The number of methoxy groups -OCH3 is 1. The van der Waals surface area contributed by atoms with Gasteiger partial charge in [-0.25, -0.2) is 0 Å². The van der Waals surface area contributed by atoms with Crippen molar-refractivity contribution >= 4 is 5.78 Å². The molecule has 0 spiro atoms. The molecule has 0 atom stereocenters. The molecule has 1 saturated carbocycles. The first kappa shape index (κ1) is 13.9. The van der Waals surface area contributed by atoms with Crippen LogP contribution >= 0.6 is 0 Å². The van der Waals surface area contributed by atoms with Gasteiger partial charge in [-0.2, -0.15) is 0 Å². The van der Waals surface area contributed by atoms with E-state index in [1.54, 1.807) is 7.11 Å². The second-order valence-corrected chi connectivity index (χ2v) is 5.92. The van der Waals surface area contributed by atoms with E-state index in [2.05, 4.69) is 12.1 Å². The highest BCUT2D eigenvalue weighted by Crippen LogP contribution is 2.50. The van der Waals surface area contributed by atoms with Gasteiger partial charge < -0.3 is 4.74 Å². The van der Waals surface area contributed by atoms with Crippen molar-refractivity contribution in [1.29, 1.82) is 0 Å². The summed E-state index contributed by atoms with van der Waals surface area (Å²) in [6.45, 7) is 3.98. The quantitative estimate of drug-likeness (QED) is 0.784. The van der Waals surface area contributed by atoms with Gasteiger partial charge in [0.25, 0.3) is 0 Å². The summed E-state index contributed by atoms with van der Waals surface area (Å²) in [7, 11) is 1.67. The van der Waals surface area contributed by atoms with Gasteiger partial charge in [0.05, 0.1) is 12.5 Å². The number of carbonyl (C=O) groups excluding carboxylic acids is 1. The van der Waals surface area contributed by atoms with E-state index < -0.39 is 0 Å². The molecule has 2 aromatic carbocycles. The predicted molar refractivity (Wildman–Crippen MR) is 84.2 cm³/mol. The Labute approximate surface area is 125 Å². The van der Waals surface area contributed by atoms with Crippen LogP contribution in [0.4, 0.5) is 0 Å². The Bertz CT molecular complexity index is 659. The molecule has 0 N–H and O–H groups in total. The number of hydrogen-bond acceptors (Lipinski definition) is 2. The average Bonchev–Trinajstić information content (AvgIpc) is 3.29. The number of benzene rings is 2. The van der Waals surface area contributed by atoms with Crippen LogP contribution in [0.3, 0.4) is 0 Å². The summed E-state index contributed by atoms with van der Waals surface area (Å²) in [4.78, 5) is 13.0. The number of ketones is 1. The van der Waals surface area contributed by atoms with Crippen molar-refractivity contribution in [1.82, 2.24) is 0 Å². The van der Waals surface area contributed by atoms with Crippen molar-refractivity contribution in [3.8, 4) is 5.75 Å². The fourth-order valence-corrected chi connectivity index (χ4v) is 3.21. The van der Waals surface area contributed by atoms with E-state index in [1.165, 1.54) is 0 Å². The fraction of sp³-hybridized carbons (Fsp3) is 0.316. The number of carbonyl (C=O) groups is 1. The lowest BCUT2D eigenvalue weighted by Gasteiger charge is -2.17. The summed E-state index contributed by atoms with van der Waals surface area (Å²) in [5.74, 6) is 1.11. The molecule has 2 heteroatoms. The van der Waals surface area contributed by atoms with Gasteiger partial charge in [-0.3, -0.25) is 4.79 Å². The maximum absolute atomic E-state index is 13.0. The maximum Gasteiger partial charge on any atom is 0.173 e. The third-order valence-corrected chi connectivity index (χ3v) is 4.44. The molecule has 1 aliphatic rings. The molecule has 0 amide bonds. The van der Waals surface area contributed by atoms with E-state index in [4.69, 9.17) is 4.74 Å². The Kier molecular flexibility index (Phi) is 3.32.